The van der Waals surface area contributed by atoms with Crippen LogP contribution >= 0.6 is 0 Å². The van der Waals surface area contributed by atoms with Crippen molar-refractivity contribution in [2.75, 3.05) is 25.0 Å². The lowest BCUT2D eigenvalue weighted by Crippen LogP contribution is -2.24. The first-order chi connectivity index (χ1) is 16.5. The third kappa shape index (κ3) is 5.82. The Labute approximate surface area is 198 Å². The second-order valence-electron chi connectivity index (χ2n) is 8.31. The molecule has 0 aliphatic carbocycles. The highest BCUT2D eigenvalue weighted by Gasteiger charge is 2.13. The standard InChI is InChI=1S/C27H30N4O3/c28-15-13-18-1-5-20(6-2-18)30-21-7-3-19(4-8-21)14-16-29-17-25(33)22-9-11-24(32)27-23(22)10-12-26(34)31-27/h1-12,25,29-30,32-33H,13-17,28H2,(H,31,34). The van der Waals surface area contributed by atoms with Crippen molar-refractivity contribution in [1.82, 2.24) is 10.3 Å². The van der Waals surface area contributed by atoms with Gasteiger partial charge in [-0.05, 0) is 79.0 Å². The van der Waals surface area contributed by atoms with E-state index in [0.717, 1.165) is 24.2 Å². The topological polar surface area (TPSA) is 123 Å². The van der Waals surface area contributed by atoms with Crippen molar-refractivity contribution in [1.29, 1.82) is 0 Å². The smallest absolute Gasteiger partial charge is 0.248 e. The number of aliphatic hydroxyl groups is 1. The number of nitrogens with two attached hydrogens (primary N) is 1. The first kappa shape index (κ1) is 23.5. The highest BCUT2D eigenvalue weighted by Crippen LogP contribution is 2.28. The van der Waals surface area contributed by atoms with Gasteiger partial charge >= 0.3 is 0 Å². The molecule has 3 aromatic carbocycles. The number of H-pyrrole nitrogens is 1. The lowest BCUT2D eigenvalue weighted by atomic mass is 10.0. The van der Waals surface area contributed by atoms with Crippen LogP contribution in [0.2, 0.25) is 0 Å². The van der Waals surface area contributed by atoms with E-state index in [0.29, 0.717) is 36.1 Å². The maximum absolute atomic E-state index is 11.6. The summed E-state index contributed by atoms with van der Waals surface area (Å²) in [5.74, 6) is -0.0156. The lowest BCUT2D eigenvalue weighted by molar-refractivity contribution is 0.176. The first-order valence-electron chi connectivity index (χ1n) is 11.4. The Kier molecular flexibility index (Phi) is 7.59. The van der Waals surface area contributed by atoms with E-state index >= 15 is 0 Å². The molecule has 0 spiro atoms. The van der Waals surface area contributed by atoms with Crippen molar-refractivity contribution in [3.63, 3.8) is 0 Å². The van der Waals surface area contributed by atoms with Gasteiger partial charge in [-0.2, -0.15) is 0 Å². The van der Waals surface area contributed by atoms with Crippen LogP contribution in [0, 0.1) is 0 Å². The summed E-state index contributed by atoms with van der Waals surface area (Å²) in [4.78, 5) is 14.2. The van der Waals surface area contributed by atoms with E-state index in [1.165, 1.54) is 23.3 Å². The van der Waals surface area contributed by atoms with Crippen molar-refractivity contribution in [2.24, 2.45) is 5.73 Å². The molecule has 0 aliphatic rings. The molecule has 0 fully saturated rings. The molecule has 7 heteroatoms. The van der Waals surface area contributed by atoms with Gasteiger partial charge in [-0.25, -0.2) is 0 Å². The number of rotatable bonds is 10. The number of anilines is 2. The van der Waals surface area contributed by atoms with Crippen molar-refractivity contribution < 1.29 is 10.2 Å². The number of phenolic OH excluding ortho intramolecular Hbond substituents is 1. The second kappa shape index (κ2) is 11.0. The predicted molar refractivity (Wildman–Crippen MR) is 137 cm³/mol. The summed E-state index contributed by atoms with van der Waals surface area (Å²) in [6.45, 7) is 1.72. The van der Waals surface area contributed by atoms with Crippen LogP contribution in [0.1, 0.15) is 22.8 Å². The number of hydrogen-bond donors (Lipinski definition) is 6. The van der Waals surface area contributed by atoms with Crippen LogP contribution in [0.15, 0.2) is 77.6 Å². The summed E-state index contributed by atoms with van der Waals surface area (Å²) in [5, 5.41) is 28.0. The third-order valence-electron chi connectivity index (χ3n) is 5.82. The van der Waals surface area contributed by atoms with Crippen LogP contribution in [-0.4, -0.2) is 34.8 Å². The Morgan fingerprint density at radius 1 is 0.853 bits per heavy atom. The van der Waals surface area contributed by atoms with Crippen molar-refractivity contribution in [3.8, 4) is 5.75 Å². The molecule has 1 atom stereocenters. The molecule has 1 unspecified atom stereocenters. The zero-order valence-electron chi connectivity index (χ0n) is 18.9. The molecule has 4 rings (SSSR count). The van der Waals surface area contributed by atoms with E-state index in [2.05, 4.69) is 64.1 Å². The van der Waals surface area contributed by atoms with Crippen LogP contribution in [0.4, 0.5) is 11.4 Å². The van der Waals surface area contributed by atoms with Gasteiger partial charge in [0.25, 0.3) is 0 Å². The number of benzene rings is 3. The zero-order valence-corrected chi connectivity index (χ0v) is 18.9. The van der Waals surface area contributed by atoms with E-state index in [-0.39, 0.29) is 11.3 Å². The molecule has 1 aromatic heterocycles. The maximum Gasteiger partial charge on any atom is 0.248 e. The summed E-state index contributed by atoms with van der Waals surface area (Å²) in [6.07, 6.45) is 0.938. The summed E-state index contributed by atoms with van der Waals surface area (Å²) in [5.41, 5.74) is 10.8. The third-order valence-corrected chi connectivity index (χ3v) is 5.82. The largest absolute Gasteiger partial charge is 0.506 e. The van der Waals surface area contributed by atoms with Gasteiger partial charge in [-0.15, -0.1) is 0 Å². The number of pyridine rings is 1. The van der Waals surface area contributed by atoms with E-state index in [1.807, 2.05) is 0 Å². The van der Waals surface area contributed by atoms with Crippen molar-refractivity contribution >= 4 is 22.3 Å². The van der Waals surface area contributed by atoms with Crippen LogP contribution in [0.5, 0.6) is 5.75 Å². The minimum Gasteiger partial charge on any atom is -0.506 e. The average Bonchev–Trinajstić information content (AvgIpc) is 2.84. The molecule has 34 heavy (non-hydrogen) atoms. The molecule has 176 valence electrons. The van der Waals surface area contributed by atoms with Gasteiger partial charge in [0, 0.05) is 29.4 Å². The molecule has 0 saturated heterocycles. The van der Waals surface area contributed by atoms with Gasteiger partial charge in [-0.3, -0.25) is 4.79 Å². The Balaban J connectivity index is 1.27. The molecule has 0 radical (unpaired) electrons. The van der Waals surface area contributed by atoms with Gasteiger partial charge in [-0.1, -0.05) is 30.3 Å². The quantitative estimate of drug-likeness (QED) is 0.203. The van der Waals surface area contributed by atoms with Crippen LogP contribution in [0.3, 0.4) is 0 Å². The fourth-order valence-corrected chi connectivity index (χ4v) is 3.97. The number of hydrogen-bond acceptors (Lipinski definition) is 6. The number of fused-ring (bicyclic) bond motifs is 1. The van der Waals surface area contributed by atoms with E-state index in [9.17, 15) is 15.0 Å². The van der Waals surface area contributed by atoms with E-state index in [4.69, 9.17) is 5.73 Å². The summed E-state index contributed by atoms with van der Waals surface area (Å²) in [6, 6.07) is 22.8. The monoisotopic (exact) mass is 458 g/mol. The number of aromatic amines is 1. The molecule has 7 nitrogen and oxygen atoms in total. The molecular weight excluding hydrogens is 428 g/mol. The van der Waals surface area contributed by atoms with Gasteiger partial charge < -0.3 is 31.6 Å². The number of phenols is 1. The number of nitrogens with one attached hydrogen (secondary N) is 3. The van der Waals surface area contributed by atoms with Crippen molar-refractivity contribution in [3.05, 3.63) is 99.8 Å². The summed E-state index contributed by atoms with van der Waals surface area (Å²) in [7, 11) is 0. The Bertz CT molecular complexity index is 1280. The normalized spacial score (nSPS) is 12.1. The van der Waals surface area contributed by atoms with Gasteiger partial charge in [0.1, 0.15) is 5.75 Å². The number of aromatic hydroxyl groups is 1. The average molecular weight is 459 g/mol. The Morgan fingerprint density at radius 3 is 2.15 bits per heavy atom. The molecular formula is C27H30N4O3. The fraction of sp³-hybridized carbons (Fsp3) is 0.222. The molecule has 0 saturated carbocycles. The highest BCUT2D eigenvalue weighted by molar-refractivity contribution is 5.87. The van der Waals surface area contributed by atoms with Crippen LogP contribution < -0.4 is 21.9 Å². The van der Waals surface area contributed by atoms with Crippen LogP contribution in [-0.2, 0) is 12.8 Å². The summed E-state index contributed by atoms with van der Waals surface area (Å²) < 4.78 is 0. The van der Waals surface area contributed by atoms with Crippen LogP contribution in [0.25, 0.3) is 10.9 Å². The van der Waals surface area contributed by atoms with Gasteiger partial charge in [0.05, 0.1) is 11.6 Å². The molecule has 0 amide bonds. The Morgan fingerprint density at radius 2 is 1.50 bits per heavy atom. The second-order valence-corrected chi connectivity index (χ2v) is 8.31. The molecule has 0 aliphatic heterocycles. The highest BCUT2D eigenvalue weighted by atomic mass is 16.3. The van der Waals surface area contributed by atoms with E-state index < -0.39 is 6.10 Å². The molecule has 7 N–H and O–H groups in total. The zero-order chi connectivity index (χ0) is 23.9. The minimum atomic E-state index is -0.767. The molecule has 1 heterocycles. The number of aromatic nitrogens is 1. The predicted octanol–water partition coefficient (Wildman–Crippen LogP) is 3.34. The Hall–Kier alpha value is -3.65. The van der Waals surface area contributed by atoms with Gasteiger partial charge in [0.15, 0.2) is 0 Å². The first-order valence-corrected chi connectivity index (χ1v) is 11.4. The molecule has 0 bridgehead atoms. The summed E-state index contributed by atoms with van der Waals surface area (Å²) >= 11 is 0. The lowest BCUT2D eigenvalue weighted by Gasteiger charge is -2.15. The van der Waals surface area contributed by atoms with Crippen molar-refractivity contribution in [2.45, 2.75) is 18.9 Å². The SMILES string of the molecule is NCCc1ccc(Nc2ccc(CCNCC(O)c3ccc(O)c4[nH]c(=O)ccc34)cc2)cc1. The van der Waals surface area contributed by atoms with E-state index in [1.54, 1.807) is 12.1 Å². The molecule has 4 aromatic rings. The minimum absolute atomic E-state index is 0.0156. The van der Waals surface area contributed by atoms with Gasteiger partial charge in [0.2, 0.25) is 5.56 Å². The maximum atomic E-state index is 11.6. The fourth-order valence-electron chi connectivity index (χ4n) is 3.97. The number of aliphatic hydroxyl groups excluding tert-OH is 1.